The Hall–Kier alpha value is -3.82. The number of anilines is 2. The highest BCUT2D eigenvalue weighted by atomic mass is 32.2. The Balaban J connectivity index is 1.92. The van der Waals surface area contributed by atoms with Crippen LogP contribution in [0.3, 0.4) is 0 Å². The fraction of sp³-hybridized carbons (Fsp3) is 0. The standard InChI is InChI=1S/C23H18N4O11S3/c24-14-6-7-18(40-38-36-31)16(10-14)26-27-21-19(41(32,33)34)9-13-8-15(39-37-35-30)11-17(20(13)22(21)28)25-23(29)12-4-2-1-3-5-12/h1-11,28,30-31H,24H2,(H,25,29)(H,32,33,34). The van der Waals surface area contributed by atoms with Crippen molar-refractivity contribution in [2.24, 2.45) is 10.2 Å². The van der Waals surface area contributed by atoms with Crippen LogP contribution in [0.25, 0.3) is 10.8 Å². The van der Waals surface area contributed by atoms with E-state index in [-0.39, 0.29) is 43.2 Å². The van der Waals surface area contributed by atoms with Crippen molar-refractivity contribution >= 4 is 73.6 Å². The molecule has 18 heteroatoms. The van der Waals surface area contributed by atoms with Crippen LogP contribution in [0.2, 0.25) is 0 Å². The summed E-state index contributed by atoms with van der Waals surface area (Å²) in [7, 11) is -5.00. The van der Waals surface area contributed by atoms with Gasteiger partial charge in [0.1, 0.15) is 16.3 Å². The Labute approximate surface area is 239 Å². The third kappa shape index (κ3) is 7.28. The Morgan fingerprint density at radius 2 is 1.63 bits per heavy atom. The molecule has 7 N–H and O–H groups in total. The molecular formula is C23H18N4O11S3. The van der Waals surface area contributed by atoms with Crippen LogP contribution < -0.4 is 11.1 Å². The first-order valence-corrected chi connectivity index (χ1v) is 13.8. The molecule has 0 radical (unpaired) electrons. The second-order valence-corrected chi connectivity index (χ2v) is 10.7. The predicted molar refractivity (Wildman–Crippen MR) is 146 cm³/mol. The van der Waals surface area contributed by atoms with E-state index in [2.05, 4.69) is 34.3 Å². The van der Waals surface area contributed by atoms with Crippen molar-refractivity contribution in [1.29, 1.82) is 0 Å². The van der Waals surface area contributed by atoms with Gasteiger partial charge in [-0.15, -0.1) is 18.9 Å². The minimum absolute atomic E-state index is 0.0117. The first-order valence-electron chi connectivity index (χ1n) is 10.9. The van der Waals surface area contributed by atoms with Gasteiger partial charge in [0.2, 0.25) is 0 Å². The van der Waals surface area contributed by atoms with Gasteiger partial charge in [-0.2, -0.15) is 8.42 Å². The number of hydrogen-bond donors (Lipinski definition) is 6. The number of carbonyl (C=O) groups is 1. The maximum atomic E-state index is 12.9. The number of nitrogens with one attached hydrogen (secondary N) is 1. The molecule has 0 bridgehead atoms. The number of nitrogens with zero attached hydrogens (tertiary/aromatic N) is 2. The van der Waals surface area contributed by atoms with Crippen molar-refractivity contribution in [2.45, 2.75) is 14.7 Å². The van der Waals surface area contributed by atoms with Gasteiger partial charge in [-0.05, 0) is 53.9 Å². The number of carbonyl (C=O) groups excluding carboxylic acids is 1. The molecule has 0 aliphatic carbocycles. The number of nitrogen functional groups attached to an aromatic ring is 1. The number of phenols is 1. The molecule has 0 spiro atoms. The van der Waals surface area contributed by atoms with Gasteiger partial charge in [-0.3, -0.25) is 9.35 Å². The van der Waals surface area contributed by atoms with Gasteiger partial charge in [0.25, 0.3) is 16.0 Å². The summed E-state index contributed by atoms with van der Waals surface area (Å²) < 4.78 is 43.5. The second kappa shape index (κ2) is 13.2. The zero-order valence-electron chi connectivity index (χ0n) is 20.2. The van der Waals surface area contributed by atoms with Crippen LogP contribution in [-0.4, -0.2) is 34.5 Å². The third-order valence-electron chi connectivity index (χ3n) is 5.24. The molecule has 0 aliphatic rings. The molecule has 4 aromatic rings. The molecule has 4 rings (SSSR count). The predicted octanol–water partition coefficient (Wildman–Crippen LogP) is 5.90. The van der Waals surface area contributed by atoms with Crippen LogP contribution in [0.4, 0.5) is 22.7 Å². The molecule has 0 unspecified atom stereocenters. The van der Waals surface area contributed by atoms with Crippen LogP contribution in [0.5, 0.6) is 5.75 Å². The summed E-state index contributed by atoms with van der Waals surface area (Å²) in [6.45, 7) is 0. The van der Waals surface area contributed by atoms with Crippen LogP contribution >= 0.6 is 24.1 Å². The first kappa shape index (κ1) is 30.1. The molecule has 41 heavy (non-hydrogen) atoms. The topological polar surface area (TPSA) is 232 Å². The molecule has 0 aromatic heterocycles. The van der Waals surface area contributed by atoms with E-state index in [1.807, 2.05) is 0 Å². The number of aromatic hydroxyl groups is 1. The van der Waals surface area contributed by atoms with E-state index in [0.29, 0.717) is 24.1 Å². The SMILES string of the molecule is Nc1ccc(SOOO)c(N=Nc2c(S(=O)(=O)O)cc3cc(SOOO)cc(NC(=O)c4ccccc4)c3c2O)c1. The van der Waals surface area contributed by atoms with Gasteiger partial charge < -0.3 is 16.2 Å². The number of fused-ring (bicyclic) bond motifs is 1. The normalized spacial score (nSPS) is 11.8. The fourth-order valence-electron chi connectivity index (χ4n) is 3.58. The van der Waals surface area contributed by atoms with E-state index in [4.69, 9.17) is 16.2 Å². The highest BCUT2D eigenvalue weighted by molar-refractivity contribution is 7.94. The van der Waals surface area contributed by atoms with Gasteiger partial charge >= 0.3 is 0 Å². The van der Waals surface area contributed by atoms with E-state index in [1.165, 1.54) is 30.3 Å². The van der Waals surface area contributed by atoms with Crippen LogP contribution in [0.15, 0.2) is 91.6 Å². The molecule has 4 aromatic carbocycles. The summed E-state index contributed by atoms with van der Waals surface area (Å²) in [6.07, 6.45) is 0. The number of benzene rings is 4. The van der Waals surface area contributed by atoms with E-state index in [0.717, 1.165) is 6.07 Å². The maximum Gasteiger partial charge on any atom is 0.296 e. The van der Waals surface area contributed by atoms with Crippen molar-refractivity contribution in [1.82, 2.24) is 0 Å². The molecule has 15 nitrogen and oxygen atoms in total. The van der Waals surface area contributed by atoms with Crippen molar-refractivity contribution in [3.63, 3.8) is 0 Å². The van der Waals surface area contributed by atoms with Crippen LogP contribution in [-0.2, 0) is 28.9 Å². The number of rotatable bonds is 11. The smallest absolute Gasteiger partial charge is 0.296 e. The fourth-order valence-corrected chi connectivity index (χ4v) is 5.10. The minimum Gasteiger partial charge on any atom is -0.505 e. The number of hydrogen-bond acceptors (Lipinski definition) is 15. The number of azo groups is 1. The lowest BCUT2D eigenvalue weighted by atomic mass is 10.1. The Morgan fingerprint density at radius 3 is 2.32 bits per heavy atom. The van der Waals surface area contributed by atoms with E-state index < -0.39 is 32.4 Å². The summed E-state index contributed by atoms with van der Waals surface area (Å²) in [6, 6.07) is 16.0. The zero-order chi connectivity index (χ0) is 29.6. The molecule has 1 amide bonds. The molecule has 0 fully saturated rings. The highest BCUT2D eigenvalue weighted by Gasteiger charge is 2.25. The molecule has 0 atom stereocenters. The van der Waals surface area contributed by atoms with Crippen LogP contribution in [0.1, 0.15) is 10.4 Å². The van der Waals surface area contributed by atoms with Gasteiger partial charge in [-0.1, -0.05) is 28.3 Å². The molecule has 0 heterocycles. The second-order valence-electron chi connectivity index (χ2n) is 7.82. The summed E-state index contributed by atoms with van der Waals surface area (Å²) >= 11 is 1.02. The van der Waals surface area contributed by atoms with Crippen molar-refractivity contribution in [3.05, 3.63) is 72.3 Å². The Kier molecular flexibility index (Phi) is 9.73. The molecule has 214 valence electrons. The lowest BCUT2D eigenvalue weighted by Gasteiger charge is -2.15. The average Bonchev–Trinajstić information content (AvgIpc) is 2.94. The summed E-state index contributed by atoms with van der Waals surface area (Å²) in [5, 5.41) is 45.8. The molecule has 0 saturated carbocycles. The van der Waals surface area contributed by atoms with E-state index in [9.17, 15) is 22.9 Å². The number of nitrogens with two attached hydrogens (primary N) is 1. The van der Waals surface area contributed by atoms with Gasteiger partial charge in [0.15, 0.2) is 5.75 Å². The van der Waals surface area contributed by atoms with Crippen molar-refractivity contribution in [2.75, 3.05) is 11.1 Å². The zero-order valence-corrected chi connectivity index (χ0v) is 22.6. The lowest BCUT2D eigenvalue weighted by molar-refractivity contribution is -0.432. The summed E-state index contributed by atoms with van der Waals surface area (Å²) in [4.78, 5) is 12.5. The Bertz CT molecular complexity index is 1720. The lowest BCUT2D eigenvalue weighted by Crippen LogP contribution is -2.12. The molecule has 0 saturated heterocycles. The summed E-state index contributed by atoms with van der Waals surface area (Å²) in [5.74, 6) is -1.35. The minimum atomic E-state index is -5.00. The first-order chi connectivity index (χ1) is 19.6. The van der Waals surface area contributed by atoms with Crippen LogP contribution in [0, 0.1) is 0 Å². The molecular weight excluding hydrogens is 604 g/mol. The van der Waals surface area contributed by atoms with Gasteiger partial charge in [0.05, 0.1) is 34.7 Å². The van der Waals surface area contributed by atoms with E-state index >= 15 is 0 Å². The Morgan fingerprint density at radius 1 is 0.927 bits per heavy atom. The largest absolute Gasteiger partial charge is 0.505 e. The van der Waals surface area contributed by atoms with Crippen molar-refractivity contribution in [3.8, 4) is 5.75 Å². The monoisotopic (exact) mass is 622 g/mol. The van der Waals surface area contributed by atoms with Gasteiger partial charge in [0, 0.05) is 21.5 Å². The van der Waals surface area contributed by atoms with E-state index in [1.54, 1.807) is 30.3 Å². The van der Waals surface area contributed by atoms with Crippen molar-refractivity contribution < 1.29 is 52.1 Å². The number of amides is 1. The maximum absolute atomic E-state index is 12.9. The highest BCUT2D eigenvalue weighted by Crippen LogP contribution is 2.46. The third-order valence-corrected chi connectivity index (χ3v) is 7.32. The summed E-state index contributed by atoms with van der Waals surface area (Å²) in [5.41, 5.74) is 5.61. The quantitative estimate of drug-likeness (QED) is 0.0286. The van der Waals surface area contributed by atoms with Gasteiger partial charge in [-0.25, -0.2) is 10.5 Å². The average molecular weight is 623 g/mol. The number of phenolic OH excluding ortho intramolecular Hbond substituents is 1. The molecule has 0 aliphatic heterocycles.